The fourth-order valence-electron chi connectivity index (χ4n) is 2.41. The molecule has 1 fully saturated rings. The second-order valence-corrected chi connectivity index (χ2v) is 5.09. The first kappa shape index (κ1) is 13.6. The van der Waals surface area contributed by atoms with Crippen LogP contribution in [0, 0.1) is 5.92 Å². The topological polar surface area (TPSA) is 74.4 Å². The molecule has 2 atom stereocenters. The van der Waals surface area contributed by atoms with Crippen molar-refractivity contribution in [3.63, 3.8) is 0 Å². The van der Waals surface area contributed by atoms with Crippen LogP contribution < -0.4 is 10.5 Å². The van der Waals surface area contributed by atoms with E-state index in [4.69, 9.17) is 10.5 Å². The van der Waals surface area contributed by atoms with Gasteiger partial charge in [-0.2, -0.15) is 0 Å². The lowest BCUT2D eigenvalue weighted by molar-refractivity contribution is 0.0590. The van der Waals surface area contributed by atoms with Crippen molar-refractivity contribution in [3.8, 4) is 5.88 Å². The molecular formula is C14H20N2O3. The van der Waals surface area contributed by atoms with Crippen LogP contribution >= 0.6 is 0 Å². The summed E-state index contributed by atoms with van der Waals surface area (Å²) in [5.74, 6) is 0.507. The van der Waals surface area contributed by atoms with Gasteiger partial charge in [0.15, 0.2) is 5.69 Å². The van der Waals surface area contributed by atoms with E-state index in [9.17, 15) is 4.79 Å². The predicted molar refractivity (Wildman–Crippen MR) is 72.0 cm³/mol. The third kappa shape index (κ3) is 3.36. The summed E-state index contributed by atoms with van der Waals surface area (Å²) >= 11 is 0. The number of nitrogens with two attached hydrogens (primary N) is 1. The third-order valence-electron chi connectivity index (χ3n) is 3.45. The van der Waals surface area contributed by atoms with Gasteiger partial charge in [0.1, 0.15) is 6.10 Å². The number of rotatable bonds is 3. The quantitative estimate of drug-likeness (QED) is 0.848. The van der Waals surface area contributed by atoms with Crippen molar-refractivity contribution in [2.75, 3.05) is 12.8 Å². The molecule has 1 aromatic heterocycles. The minimum atomic E-state index is -0.484. The summed E-state index contributed by atoms with van der Waals surface area (Å²) in [6, 6.07) is 3.17. The molecule has 2 rings (SSSR count). The highest BCUT2D eigenvalue weighted by atomic mass is 16.5. The lowest BCUT2D eigenvalue weighted by Gasteiger charge is -2.27. The molecule has 0 amide bonds. The van der Waals surface area contributed by atoms with E-state index in [1.807, 2.05) is 0 Å². The van der Waals surface area contributed by atoms with E-state index in [-0.39, 0.29) is 11.8 Å². The van der Waals surface area contributed by atoms with E-state index in [0.717, 1.165) is 19.3 Å². The van der Waals surface area contributed by atoms with Crippen molar-refractivity contribution >= 4 is 11.7 Å². The number of nitrogens with zero attached hydrogens (tertiary/aromatic N) is 1. The maximum absolute atomic E-state index is 11.4. The molecule has 5 nitrogen and oxygen atoms in total. The van der Waals surface area contributed by atoms with Crippen molar-refractivity contribution in [1.82, 2.24) is 4.98 Å². The molecule has 1 aliphatic carbocycles. The average molecular weight is 264 g/mol. The molecule has 2 N–H and O–H groups in total. The molecule has 2 unspecified atom stereocenters. The van der Waals surface area contributed by atoms with Crippen LogP contribution in [-0.4, -0.2) is 24.2 Å². The highest BCUT2D eigenvalue weighted by Crippen LogP contribution is 2.29. The van der Waals surface area contributed by atoms with Crippen LogP contribution in [0.2, 0.25) is 0 Å². The Morgan fingerprint density at radius 2 is 2.21 bits per heavy atom. The van der Waals surface area contributed by atoms with Gasteiger partial charge >= 0.3 is 5.97 Å². The molecule has 0 aromatic carbocycles. The smallest absolute Gasteiger partial charge is 0.356 e. The zero-order valence-corrected chi connectivity index (χ0v) is 11.4. The average Bonchev–Trinajstić information content (AvgIpc) is 2.40. The number of methoxy groups -OCH3 is 1. The second kappa shape index (κ2) is 5.91. The van der Waals surface area contributed by atoms with Gasteiger partial charge in [0, 0.05) is 0 Å². The number of ether oxygens (including phenoxy) is 2. The number of hydrogen-bond acceptors (Lipinski definition) is 5. The Morgan fingerprint density at radius 3 is 2.89 bits per heavy atom. The van der Waals surface area contributed by atoms with Gasteiger partial charge in [-0.25, -0.2) is 9.78 Å². The van der Waals surface area contributed by atoms with Gasteiger partial charge in [-0.1, -0.05) is 13.3 Å². The largest absolute Gasteiger partial charge is 0.473 e. The van der Waals surface area contributed by atoms with Gasteiger partial charge in [-0.05, 0) is 37.3 Å². The maximum Gasteiger partial charge on any atom is 0.356 e. The Labute approximate surface area is 113 Å². The summed E-state index contributed by atoms with van der Waals surface area (Å²) in [5, 5.41) is 0. The first-order chi connectivity index (χ1) is 9.10. The zero-order valence-electron chi connectivity index (χ0n) is 11.4. The zero-order chi connectivity index (χ0) is 13.8. The van der Waals surface area contributed by atoms with Crippen LogP contribution in [0.3, 0.4) is 0 Å². The van der Waals surface area contributed by atoms with Crippen LogP contribution in [0.4, 0.5) is 5.69 Å². The fourth-order valence-corrected chi connectivity index (χ4v) is 2.41. The van der Waals surface area contributed by atoms with Gasteiger partial charge < -0.3 is 15.2 Å². The van der Waals surface area contributed by atoms with Gasteiger partial charge in [-0.3, -0.25) is 0 Å². The molecule has 1 aromatic rings. The maximum atomic E-state index is 11.4. The Morgan fingerprint density at radius 1 is 1.42 bits per heavy atom. The van der Waals surface area contributed by atoms with Crippen LogP contribution in [0.1, 0.15) is 43.1 Å². The summed E-state index contributed by atoms with van der Waals surface area (Å²) in [5.41, 5.74) is 6.51. The van der Waals surface area contributed by atoms with E-state index in [1.165, 1.54) is 19.6 Å². The van der Waals surface area contributed by atoms with E-state index in [2.05, 4.69) is 16.6 Å². The number of aromatic nitrogens is 1. The van der Waals surface area contributed by atoms with Crippen molar-refractivity contribution in [1.29, 1.82) is 0 Å². The van der Waals surface area contributed by atoms with Gasteiger partial charge in [0.2, 0.25) is 5.88 Å². The van der Waals surface area contributed by atoms with Crippen molar-refractivity contribution in [2.24, 2.45) is 5.92 Å². The summed E-state index contributed by atoms with van der Waals surface area (Å²) in [7, 11) is 1.32. The summed E-state index contributed by atoms with van der Waals surface area (Å²) in [6.45, 7) is 2.22. The molecule has 0 aliphatic heterocycles. The molecule has 1 heterocycles. The Kier molecular flexibility index (Phi) is 4.24. The molecule has 0 radical (unpaired) electrons. The first-order valence-corrected chi connectivity index (χ1v) is 6.61. The molecule has 19 heavy (non-hydrogen) atoms. The standard InChI is InChI=1S/C14H20N2O3/c1-9-4-3-5-10(8-9)19-13-11(15)6-7-12(16-13)14(17)18-2/h6-7,9-10H,3-5,8,15H2,1-2H3. The number of hydrogen-bond donors (Lipinski definition) is 1. The molecular weight excluding hydrogens is 244 g/mol. The number of carbonyl (C=O) groups is 1. The number of anilines is 1. The van der Waals surface area contributed by atoms with Gasteiger partial charge in [0.25, 0.3) is 0 Å². The SMILES string of the molecule is COC(=O)c1ccc(N)c(OC2CCCC(C)C2)n1. The number of esters is 1. The van der Waals surface area contributed by atoms with Crippen LogP contribution in [0.25, 0.3) is 0 Å². The Hall–Kier alpha value is -1.78. The third-order valence-corrected chi connectivity index (χ3v) is 3.45. The minimum absolute atomic E-state index is 0.131. The highest BCUT2D eigenvalue weighted by Gasteiger charge is 2.22. The molecule has 0 spiro atoms. The lowest BCUT2D eigenvalue weighted by atomic mass is 9.89. The van der Waals surface area contributed by atoms with E-state index < -0.39 is 5.97 Å². The van der Waals surface area contributed by atoms with Crippen molar-refractivity contribution < 1.29 is 14.3 Å². The normalized spacial score (nSPS) is 22.8. The van der Waals surface area contributed by atoms with E-state index in [1.54, 1.807) is 6.07 Å². The van der Waals surface area contributed by atoms with Gasteiger partial charge in [-0.15, -0.1) is 0 Å². The molecule has 1 saturated carbocycles. The predicted octanol–water partition coefficient (Wildman–Crippen LogP) is 2.41. The summed E-state index contributed by atoms with van der Waals surface area (Å²) < 4.78 is 10.5. The fraction of sp³-hybridized carbons (Fsp3) is 0.571. The Balaban J connectivity index is 2.12. The number of nitrogen functional groups attached to an aromatic ring is 1. The lowest BCUT2D eigenvalue weighted by Crippen LogP contribution is -2.25. The monoisotopic (exact) mass is 264 g/mol. The first-order valence-electron chi connectivity index (χ1n) is 6.61. The van der Waals surface area contributed by atoms with Crippen LogP contribution in [-0.2, 0) is 4.74 Å². The number of pyridine rings is 1. The summed E-state index contributed by atoms with van der Waals surface area (Å²) in [4.78, 5) is 15.6. The van der Waals surface area contributed by atoms with E-state index >= 15 is 0 Å². The van der Waals surface area contributed by atoms with Crippen molar-refractivity contribution in [2.45, 2.75) is 38.7 Å². The van der Waals surface area contributed by atoms with E-state index in [0.29, 0.717) is 17.5 Å². The molecule has 5 heteroatoms. The molecule has 0 saturated heterocycles. The highest BCUT2D eigenvalue weighted by molar-refractivity contribution is 5.87. The minimum Gasteiger partial charge on any atom is -0.473 e. The summed E-state index contributed by atoms with van der Waals surface area (Å²) in [6.07, 6.45) is 4.54. The molecule has 104 valence electrons. The Bertz CT molecular complexity index is 462. The van der Waals surface area contributed by atoms with Gasteiger partial charge in [0.05, 0.1) is 12.8 Å². The van der Waals surface area contributed by atoms with Crippen LogP contribution in [0.5, 0.6) is 5.88 Å². The molecule has 0 bridgehead atoms. The van der Waals surface area contributed by atoms with Crippen molar-refractivity contribution in [3.05, 3.63) is 17.8 Å². The molecule has 1 aliphatic rings. The van der Waals surface area contributed by atoms with Crippen LogP contribution in [0.15, 0.2) is 12.1 Å². The second-order valence-electron chi connectivity index (χ2n) is 5.09. The number of carbonyl (C=O) groups excluding carboxylic acids is 1.